The second kappa shape index (κ2) is 8.33. The number of benzene rings is 3. The van der Waals surface area contributed by atoms with Crippen molar-refractivity contribution in [1.82, 2.24) is 0 Å². The lowest BCUT2D eigenvalue weighted by molar-refractivity contribution is 1.85. The first-order valence-corrected chi connectivity index (χ1v) is 14.3. The molecule has 0 spiro atoms. The Kier molecular flexibility index (Phi) is 4.99. The van der Waals surface area contributed by atoms with Crippen molar-refractivity contribution in [2.45, 2.75) is 0 Å². The molecule has 0 aliphatic carbocycles. The van der Waals surface area contributed by atoms with Gasteiger partial charge in [-0.05, 0) is 94.4 Å². The van der Waals surface area contributed by atoms with Gasteiger partial charge in [0, 0.05) is 38.3 Å². The Morgan fingerprint density at radius 1 is 0.353 bits per heavy atom. The van der Waals surface area contributed by atoms with Crippen LogP contribution >= 0.6 is 45.3 Å². The molecule has 0 aliphatic heterocycles. The van der Waals surface area contributed by atoms with E-state index in [0.717, 1.165) is 0 Å². The molecule has 4 aromatic heterocycles. The normalized spacial score (nSPS) is 12.5. The van der Waals surface area contributed by atoms with Crippen LogP contribution in [-0.2, 0) is 0 Å². The van der Waals surface area contributed by atoms with Crippen LogP contribution in [0.5, 0.6) is 0 Å². The highest BCUT2D eigenvalue weighted by atomic mass is 32.1. The molecule has 4 heteroatoms. The van der Waals surface area contributed by atoms with E-state index >= 15 is 0 Å². The summed E-state index contributed by atoms with van der Waals surface area (Å²) in [5.41, 5.74) is 0. The summed E-state index contributed by atoms with van der Waals surface area (Å²) in [6.07, 6.45) is 8.99. The molecule has 0 bridgehead atoms. The Bertz CT molecular complexity index is 1620. The predicted octanol–water partition coefficient (Wildman–Crippen LogP) is 10.9. The first kappa shape index (κ1) is 20.4. The predicted molar refractivity (Wildman–Crippen MR) is 159 cm³/mol. The molecular formula is C30H18S4. The highest BCUT2D eigenvalue weighted by Gasteiger charge is 2.06. The summed E-state index contributed by atoms with van der Waals surface area (Å²) in [4.78, 5) is 5.20. The van der Waals surface area contributed by atoms with Gasteiger partial charge in [-0.1, -0.05) is 36.4 Å². The van der Waals surface area contributed by atoms with Crippen LogP contribution in [0.3, 0.4) is 0 Å². The standard InChI is InChI=1S/C30H18S4/c1-3-7-27-19(5-1)13-23(31-27)9-11-25-15-21-17-30-22(18-29(21)33-25)16-26(34-30)12-10-24-14-20-6-2-4-8-28(20)32-24/h1-18H. The fourth-order valence-electron chi connectivity index (χ4n) is 4.28. The van der Waals surface area contributed by atoms with Gasteiger partial charge in [0.15, 0.2) is 0 Å². The molecular weight excluding hydrogens is 489 g/mol. The molecule has 4 heterocycles. The quantitative estimate of drug-likeness (QED) is 0.223. The molecule has 162 valence electrons. The lowest BCUT2D eigenvalue weighted by atomic mass is 10.2. The summed E-state index contributed by atoms with van der Waals surface area (Å²) in [7, 11) is 0. The zero-order valence-corrected chi connectivity index (χ0v) is 21.3. The van der Waals surface area contributed by atoms with Crippen LogP contribution in [0.25, 0.3) is 64.6 Å². The van der Waals surface area contributed by atoms with E-state index in [4.69, 9.17) is 0 Å². The Morgan fingerprint density at radius 2 is 0.706 bits per heavy atom. The highest BCUT2D eigenvalue weighted by Crippen LogP contribution is 2.36. The Balaban J connectivity index is 1.16. The number of hydrogen-bond donors (Lipinski definition) is 0. The molecule has 0 unspecified atom stereocenters. The van der Waals surface area contributed by atoms with Crippen molar-refractivity contribution >= 4 is 110 Å². The lowest BCUT2D eigenvalue weighted by Crippen LogP contribution is -1.62. The van der Waals surface area contributed by atoms with Crippen LogP contribution in [0, 0.1) is 0 Å². The van der Waals surface area contributed by atoms with E-state index in [1.165, 1.54) is 59.9 Å². The van der Waals surface area contributed by atoms with E-state index in [1.54, 1.807) is 0 Å². The minimum absolute atomic E-state index is 1.30. The van der Waals surface area contributed by atoms with Crippen LogP contribution in [0.2, 0.25) is 0 Å². The van der Waals surface area contributed by atoms with Gasteiger partial charge < -0.3 is 0 Å². The van der Waals surface area contributed by atoms with Gasteiger partial charge in [0.1, 0.15) is 0 Å². The topological polar surface area (TPSA) is 0 Å². The molecule has 7 aromatic rings. The van der Waals surface area contributed by atoms with Crippen molar-refractivity contribution in [3.63, 3.8) is 0 Å². The van der Waals surface area contributed by atoms with Crippen molar-refractivity contribution in [3.05, 3.63) is 104 Å². The molecule has 0 saturated carbocycles. The molecule has 0 radical (unpaired) electrons. The molecule has 0 N–H and O–H groups in total. The number of thiophene rings is 4. The molecule has 0 saturated heterocycles. The maximum atomic E-state index is 2.35. The number of fused-ring (bicyclic) bond motifs is 4. The van der Waals surface area contributed by atoms with Crippen molar-refractivity contribution in [3.8, 4) is 0 Å². The minimum atomic E-state index is 1.30. The molecule has 3 aromatic carbocycles. The van der Waals surface area contributed by atoms with Gasteiger partial charge in [0.2, 0.25) is 0 Å². The van der Waals surface area contributed by atoms with Crippen LogP contribution < -0.4 is 0 Å². The lowest BCUT2D eigenvalue weighted by Gasteiger charge is -1.89. The smallest absolute Gasteiger partial charge is 0.0356 e. The van der Waals surface area contributed by atoms with Gasteiger partial charge in [-0.25, -0.2) is 0 Å². The van der Waals surface area contributed by atoms with E-state index in [-0.39, 0.29) is 0 Å². The van der Waals surface area contributed by atoms with Crippen LogP contribution in [0.4, 0.5) is 0 Å². The average Bonchev–Trinajstić information content (AvgIpc) is 3.62. The van der Waals surface area contributed by atoms with E-state index in [2.05, 4.69) is 109 Å². The molecule has 0 aliphatic rings. The van der Waals surface area contributed by atoms with Gasteiger partial charge in [0.25, 0.3) is 0 Å². The molecule has 0 fully saturated rings. The van der Waals surface area contributed by atoms with Crippen LogP contribution in [0.15, 0.2) is 84.9 Å². The van der Waals surface area contributed by atoms with Crippen molar-refractivity contribution in [2.75, 3.05) is 0 Å². The zero-order valence-electron chi connectivity index (χ0n) is 18.0. The van der Waals surface area contributed by atoms with Crippen LogP contribution in [0.1, 0.15) is 19.5 Å². The van der Waals surface area contributed by atoms with Crippen LogP contribution in [-0.4, -0.2) is 0 Å². The zero-order chi connectivity index (χ0) is 22.5. The minimum Gasteiger partial charge on any atom is -0.136 e. The van der Waals surface area contributed by atoms with Crippen molar-refractivity contribution in [2.24, 2.45) is 0 Å². The summed E-state index contributed by atoms with van der Waals surface area (Å²) in [6, 6.07) is 31.0. The SMILES string of the molecule is C(=Cc1cc2cc3sc(C=Cc4cc5ccccc5s4)cc3cc2s1)c1cc2ccccc2s1. The molecule has 0 nitrogen and oxygen atoms in total. The molecule has 0 atom stereocenters. The average molecular weight is 507 g/mol. The fourth-order valence-corrected chi connectivity index (χ4v) is 8.20. The van der Waals surface area contributed by atoms with Gasteiger partial charge in [-0.15, -0.1) is 45.3 Å². The van der Waals surface area contributed by atoms with Gasteiger partial charge >= 0.3 is 0 Å². The molecule has 0 amide bonds. The van der Waals surface area contributed by atoms with Crippen molar-refractivity contribution < 1.29 is 0 Å². The maximum absolute atomic E-state index is 2.35. The number of hydrogen-bond acceptors (Lipinski definition) is 4. The first-order chi connectivity index (χ1) is 16.8. The third kappa shape index (κ3) is 3.83. The second-order valence-electron chi connectivity index (χ2n) is 8.27. The Morgan fingerprint density at radius 3 is 1.12 bits per heavy atom. The molecule has 7 rings (SSSR count). The summed E-state index contributed by atoms with van der Waals surface area (Å²) in [5, 5.41) is 5.30. The van der Waals surface area contributed by atoms with Gasteiger partial charge in [-0.2, -0.15) is 0 Å². The number of rotatable bonds is 4. The molecule has 34 heavy (non-hydrogen) atoms. The monoisotopic (exact) mass is 506 g/mol. The Hall–Kier alpha value is -3.02. The summed E-state index contributed by atoms with van der Waals surface area (Å²) in [6.45, 7) is 0. The largest absolute Gasteiger partial charge is 0.136 e. The van der Waals surface area contributed by atoms with Gasteiger partial charge in [-0.3, -0.25) is 0 Å². The summed E-state index contributed by atoms with van der Waals surface area (Å²) in [5.74, 6) is 0. The second-order valence-corrected chi connectivity index (χ2v) is 12.7. The highest BCUT2D eigenvalue weighted by molar-refractivity contribution is 7.22. The maximum Gasteiger partial charge on any atom is 0.0356 e. The summed E-state index contributed by atoms with van der Waals surface area (Å²) < 4.78 is 5.38. The van der Waals surface area contributed by atoms with E-state index in [1.807, 2.05) is 45.3 Å². The third-order valence-electron chi connectivity index (χ3n) is 5.91. The van der Waals surface area contributed by atoms with E-state index in [9.17, 15) is 0 Å². The van der Waals surface area contributed by atoms with E-state index in [0.29, 0.717) is 0 Å². The van der Waals surface area contributed by atoms with E-state index < -0.39 is 0 Å². The first-order valence-electron chi connectivity index (χ1n) is 11.1. The van der Waals surface area contributed by atoms with Crippen molar-refractivity contribution in [1.29, 1.82) is 0 Å². The van der Waals surface area contributed by atoms with Gasteiger partial charge in [0.05, 0.1) is 0 Å². The fraction of sp³-hybridized carbons (Fsp3) is 0. The summed E-state index contributed by atoms with van der Waals surface area (Å²) >= 11 is 7.42. The Labute approximate surface area is 213 Å². The third-order valence-corrected chi connectivity index (χ3v) is 10.2.